The molecule has 278 valence electrons. The maximum Gasteiger partial charge on any atom is 0.264 e. The first-order chi connectivity index (χ1) is 25.7. The number of phenols is 1. The lowest BCUT2D eigenvalue weighted by Crippen LogP contribution is -2.52. The van der Waals surface area contributed by atoms with Gasteiger partial charge in [-0.2, -0.15) is 5.26 Å². The molecule has 0 saturated carbocycles. The Morgan fingerprint density at radius 3 is 2.37 bits per heavy atom. The third-order valence-corrected chi connectivity index (χ3v) is 10.3. The highest BCUT2D eigenvalue weighted by atomic mass is 35.5. The van der Waals surface area contributed by atoms with Crippen molar-refractivity contribution in [3.63, 3.8) is 0 Å². The molecule has 1 saturated heterocycles. The van der Waals surface area contributed by atoms with E-state index in [4.69, 9.17) is 9.47 Å². The molecule has 5 aromatic rings. The quantitative estimate of drug-likeness (QED) is 0.182. The number of aromatic nitrogens is 1. The minimum Gasteiger partial charge on any atom is -0.508 e. The van der Waals surface area contributed by atoms with E-state index in [-0.39, 0.29) is 35.7 Å². The molecule has 0 bridgehead atoms. The Balaban J connectivity index is 0.00000497. The fraction of sp³-hybridized carbons (Fsp3) is 0.262. The molecule has 0 spiro atoms. The summed E-state index contributed by atoms with van der Waals surface area (Å²) in [5, 5.41) is 19.8. The highest BCUT2D eigenvalue weighted by Gasteiger charge is 2.34. The Morgan fingerprint density at radius 1 is 0.963 bits per heavy atom. The Labute approximate surface area is 320 Å². The molecule has 12 heteroatoms. The predicted molar refractivity (Wildman–Crippen MR) is 206 cm³/mol. The lowest BCUT2D eigenvalue weighted by atomic mass is 9.92. The molecule has 0 unspecified atom stereocenters. The average molecular weight is 750 g/mol. The largest absolute Gasteiger partial charge is 0.508 e. The van der Waals surface area contributed by atoms with Gasteiger partial charge in [0, 0.05) is 67.5 Å². The number of amides is 2. The van der Waals surface area contributed by atoms with E-state index in [1.54, 1.807) is 54.9 Å². The SMILES string of the molecule is COc1ccc(N(C(=O)c2cc(-c3cc(F)ccc3C(=O)N3Cc4ccccc4C[C@H]3CN3CCOCC3)n(C)c2C)c2ccc(O)cc2)cc1C#N.Cl. The molecule has 54 heavy (non-hydrogen) atoms. The molecule has 2 aliphatic heterocycles. The number of nitriles is 1. The fourth-order valence-electron chi connectivity index (χ4n) is 7.34. The first kappa shape index (κ1) is 38.1. The van der Waals surface area contributed by atoms with Crippen LogP contribution in [-0.2, 0) is 24.8 Å². The molecular weight excluding hydrogens is 709 g/mol. The normalized spacial score (nSPS) is 15.5. The summed E-state index contributed by atoms with van der Waals surface area (Å²) in [5.41, 5.74) is 5.48. The zero-order valence-corrected chi connectivity index (χ0v) is 31.1. The zero-order chi connectivity index (χ0) is 37.2. The number of halogens is 2. The van der Waals surface area contributed by atoms with Crippen LogP contribution in [0.4, 0.5) is 15.8 Å². The molecule has 2 aliphatic rings. The summed E-state index contributed by atoms with van der Waals surface area (Å²) in [4.78, 5) is 35.1. The third kappa shape index (κ3) is 7.41. The van der Waals surface area contributed by atoms with Crippen molar-refractivity contribution in [3.8, 4) is 28.8 Å². The lowest BCUT2D eigenvalue weighted by molar-refractivity contribution is 0.0193. The molecule has 4 aromatic carbocycles. The summed E-state index contributed by atoms with van der Waals surface area (Å²) in [6.07, 6.45) is 0.698. The van der Waals surface area contributed by atoms with Crippen LogP contribution >= 0.6 is 12.4 Å². The van der Waals surface area contributed by atoms with Crippen LogP contribution in [-0.4, -0.2) is 77.3 Å². The number of morpholine rings is 1. The molecule has 0 radical (unpaired) electrons. The molecule has 1 N–H and O–H groups in total. The van der Waals surface area contributed by atoms with Crippen molar-refractivity contribution in [3.05, 3.63) is 130 Å². The number of methoxy groups -OCH3 is 1. The first-order valence-electron chi connectivity index (χ1n) is 17.5. The molecule has 3 heterocycles. The van der Waals surface area contributed by atoms with E-state index in [0.717, 1.165) is 18.7 Å². The van der Waals surface area contributed by atoms with E-state index < -0.39 is 11.7 Å². The van der Waals surface area contributed by atoms with E-state index in [0.29, 0.717) is 77.9 Å². The molecule has 10 nitrogen and oxygen atoms in total. The molecule has 2 amide bonds. The van der Waals surface area contributed by atoms with Crippen LogP contribution in [0.3, 0.4) is 0 Å². The topological polar surface area (TPSA) is 111 Å². The highest BCUT2D eigenvalue weighted by Crippen LogP contribution is 2.36. The number of carbonyl (C=O) groups excluding carboxylic acids is 2. The van der Waals surface area contributed by atoms with Crippen molar-refractivity contribution in [2.24, 2.45) is 7.05 Å². The molecular formula is C42H41ClFN5O5. The highest BCUT2D eigenvalue weighted by molar-refractivity contribution is 6.12. The van der Waals surface area contributed by atoms with Crippen LogP contribution in [0.15, 0.2) is 91.0 Å². The lowest BCUT2D eigenvalue weighted by Gasteiger charge is -2.40. The number of carbonyl (C=O) groups is 2. The predicted octanol–water partition coefficient (Wildman–Crippen LogP) is 7.03. The summed E-state index contributed by atoms with van der Waals surface area (Å²) < 4.78 is 27.9. The first-order valence-corrected chi connectivity index (χ1v) is 17.5. The van der Waals surface area contributed by atoms with E-state index in [2.05, 4.69) is 17.0 Å². The van der Waals surface area contributed by atoms with E-state index in [1.807, 2.05) is 23.1 Å². The van der Waals surface area contributed by atoms with E-state index in [1.165, 1.54) is 47.9 Å². The Hall–Kier alpha value is -5.67. The molecule has 7 rings (SSSR count). The average Bonchev–Trinajstić information content (AvgIpc) is 3.48. The van der Waals surface area contributed by atoms with Gasteiger partial charge in [0.2, 0.25) is 0 Å². The van der Waals surface area contributed by atoms with Gasteiger partial charge in [-0.05, 0) is 91.2 Å². The van der Waals surface area contributed by atoms with Crippen molar-refractivity contribution < 1.29 is 28.6 Å². The number of ether oxygens (including phenoxy) is 2. The van der Waals surface area contributed by atoms with E-state index >= 15 is 4.39 Å². The van der Waals surface area contributed by atoms with Gasteiger partial charge >= 0.3 is 0 Å². The van der Waals surface area contributed by atoms with Crippen molar-refractivity contribution in [1.82, 2.24) is 14.4 Å². The van der Waals surface area contributed by atoms with Gasteiger partial charge in [0.1, 0.15) is 23.4 Å². The van der Waals surface area contributed by atoms with Crippen LogP contribution in [0.25, 0.3) is 11.3 Å². The van der Waals surface area contributed by atoms with Crippen LogP contribution in [0, 0.1) is 24.1 Å². The maximum atomic E-state index is 15.2. The minimum absolute atomic E-state index is 0. The second-order valence-electron chi connectivity index (χ2n) is 13.4. The van der Waals surface area contributed by atoms with Gasteiger partial charge in [0.05, 0.1) is 37.1 Å². The van der Waals surface area contributed by atoms with E-state index in [9.17, 15) is 20.0 Å². The minimum atomic E-state index is -0.509. The van der Waals surface area contributed by atoms with Crippen molar-refractivity contribution in [2.75, 3.05) is 44.9 Å². The van der Waals surface area contributed by atoms with Gasteiger partial charge in [-0.15, -0.1) is 12.4 Å². The molecule has 1 aromatic heterocycles. The number of rotatable bonds is 8. The number of aromatic hydroxyl groups is 1. The number of benzene rings is 4. The summed E-state index contributed by atoms with van der Waals surface area (Å²) in [6.45, 7) is 5.78. The van der Waals surface area contributed by atoms with Gasteiger partial charge in [0.25, 0.3) is 11.8 Å². The van der Waals surface area contributed by atoms with Crippen LogP contribution in [0.5, 0.6) is 11.5 Å². The Morgan fingerprint density at radius 2 is 1.67 bits per heavy atom. The number of hydrogen-bond donors (Lipinski definition) is 1. The fourth-order valence-corrected chi connectivity index (χ4v) is 7.34. The van der Waals surface area contributed by atoms with Gasteiger partial charge in [-0.3, -0.25) is 19.4 Å². The van der Waals surface area contributed by atoms with Crippen molar-refractivity contribution in [2.45, 2.75) is 25.9 Å². The summed E-state index contributed by atoms with van der Waals surface area (Å²) in [5.74, 6) is -0.760. The van der Waals surface area contributed by atoms with Gasteiger partial charge in [-0.1, -0.05) is 24.3 Å². The van der Waals surface area contributed by atoms with Crippen LogP contribution < -0.4 is 9.64 Å². The summed E-state index contributed by atoms with van der Waals surface area (Å²) >= 11 is 0. The number of fused-ring (bicyclic) bond motifs is 1. The van der Waals surface area contributed by atoms with Crippen molar-refractivity contribution >= 4 is 35.6 Å². The third-order valence-electron chi connectivity index (χ3n) is 10.3. The number of anilines is 2. The number of hydrogen-bond acceptors (Lipinski definition) is 7. The standard InChI is InChI=1S/C42H40FN5O5.ClH/c1-27-37(42(51)48(32-9-12-35(49)13-10-32)33-11-15-40(52-3)30(21-33)24-44)23-39(45(27)2)38-22-31(43)8-14-36(38)41(50)47-25-29-7-5-4-6-28(29)20-34(47)26-46-16-18-53-19-17-46;/h4-15,21-23,34,49H,16-20,25-26H2,1-3H3;1H/t34-;/m0./s1. The second kappa shape index (κ2) is 16.1. The van der Waals surface area contributed by atoms with Crippen molar-refractivity contribution in [1.29, 1.82) is 5.26 Å². The summed E-state index contributed by atoms with van der Waals surface area (Å²) in [7, 11) is 3.25. The number of nitrogens with zero attached hydrogens (tertiary/aromatic N) is 5. The number of phenolic OH excluding ortho intramolecular Hbond substituents is 1. The molecule has 1 fully saturated rings. The smallest absolute Gasteiger partial charge is 0.264 e. The Bertz CT molecular complexity index is 2230. The Kier molecular flexibility index (Phi) is 11.4. The van der Waals surface area contributed by atoms with Crippen LogP contribution in [0.2, 0.25) is 0 Å². The second-order valence-corrected chi connectivity index (χ2v) is 13.4. The van der Waals surface area contributed by atoms with Crippen LogP contribution in [0.1, 0.15) is 43.1 Å². The zero-order valence-electron chi connectivity index (χ0n) is 30.3. The molecule has 1 atom stereocenters. The van der Waals surface area contributed by atoms with Gasteiger partial charge in [-0.25, -0.2) is 4.39 Å². The maximum absolute atomic E-state index is 15.2. The van der Waals surface area contributed by atoms with Gasteiger partial charge < -0.3 is 24.0 Å². The van der Waals surface area contributed by atoms with Gasteiger partial charge in [0.15, 0.2) is 0 Å². The monoisotopic (exact) mass is 749 g/mol. The summed E-state index contributed by atoms with van der Waals surface area (Å²) in [6, 6.07) is 27.1. The molecule has 0 aliphatic carbocycles.